The molecule has 1 aliphatic rings. The maximum Gasteiger partial charge on any atom is 0.227 e. The van der Waals surface area contributed by atoms with Gasteiger partial charge in [-0.2, -0.15) is 0 Å². The molecule has 1 saturated heterocycles. The van der Waals surface area contributed by atoms with Crippen molar-refractivity contribution in [1.82, 2.24) is 10.1 Å². The molecule has 2 heterocycles. The number of aliphatic hydroxyl groups is 1. The summed E-state index contributed by atoms with van der Waals surface area (Å²) in [5.74, 6) is 1.01. The lowest BCUT2D eigenvalue weighted by Gasteiger charge is -2.34. The summed E-state index contributed by atoms with van der Waals surface area (Å²) in [5.41, 5.74) is 1.64. The number of amides is 1. The van der Waals surface area contributed by atoms with Crippen molar-refractivity contribution in [1.29, 1.82) is 0 Å². The molecule has 1 aliphatic heterocycles. The minimum Gasteiger partial charge on any atom is -0.391 e. The van der Waals surface area contributed by atoms with E-state index in [9.17, 15) is 9.90 Å². The van der Waals surface area contributed by atoms with Gasteiger partial charge in [0.1, 0.15) is 5.76 Å². The standard InChI is InChI=1S/C13H20N2O3/c1-8-4-5-15(7-12(8)16)13(17)6-11-9(2)14-18-10(11)3/h8,12,16H,4-7H2,1-3H3. The average molecular weight is 252 g/mol. The van der Waals surface area contributed by atoms with Crippen LogP contribution < -0.4 is 0 Å². The Labute approximate surface area is 107 Å². The Kier molecular flexibility index (Phi) is 3.71. The number of likely N-dealkylation sites (tertiary alicyclic amines) is 1. The topological polar surface area (TPSA) is 66.6 Å². The van der Waals surface area contributed by atoms with Crippen molar-refractivity contribution >= 4 is 5.91 Å². The molecule has 1 fully saturated rings. The third-order valence-electron chi connectivity index (χ3n) is 3.78. The van der Waals surface area contributed by atoms with Crippen LogP contribution in [0, 0.1) is 19.8 Å². The molecule has 0 aliphatic carbocycles. The van der Waals surface area contributed by atoms with Crippen LogP contribution in [0.15, 0.2) is 4.52 Å². The van der Waals surface area contributed by atoms with Crippen LogP contribution in [-0.4, -0.2) is 40.3 Å². The van der Waals surface area contributed by atoms with E-state index >= 15 is 0 Å². The van der Waals surface area contributed by atoms with Gasteiger partial charge in [-0.15, -0.1) is 0 Å². The number of carbonyl (C=O) groups excluding carboxylic acids is 1. The van der Waals surface area contributed by atoms with Gasteiger partial charge in [0.25, 0.3) is 0 Å². The van der Waals surface area contributed by atoms with Gasteiger partial charge in [-0.3, -0.25) is 4.79 Å². The lowest BCUT2D eigenvalue weighted by molar-refractivity contribution is -0.134. The van der Waals surface area contributed by atoms with Crippen molar-refractivity contribution in [3.05, 3.63) is 17.0 Å². The summed E-state index contributed by atoms with van der Waals surface area (Å²) in [4.78, 5) is 13.9. The van der Waals surface area contributed by atoms with E-state index in [0.717, 1.165) is 24.2 Å². The highest BCUT2D eigenvalue weighted by atomic mass is 16.5. The Balaban J connectivity index is 2.01. The quantitative estimate of drug-likeness (QED) is 0.854. The van der Waals surface area contributed by atoms with E-state index in [4.69, 9.17) is 4.52 Å². The predicted octanol–water partition coefficient (Wildman–Crippen LogP) is 1.06. The molecule has 1 N–H and O–H groups in total. The molecule has 1 aromatic rings. The second kappa shape index (κ2) is 5.10. The van der Waals surface area contributed by atoms with E-state index in [1.807, 2.05) is 20.8 Å². The van der Waals surface area contributed by atoms with Crippen molar-refractivity contribution in [3.8, 4) is 0 Å². The van der Waals surface area contributed by atoms with Gasteiger partial charge in [0.15, 0.2) is 0 Å². The van der Waals surface area contributed by atoms with Crippen LogP contribution >= 0.6 is 0 Å². The first-order valence-corrected chi connectivity index (χ1v) is 6.36. The number of aliphatic hydroxyl groups excluding tert-OH is 1. The Bertz CT molecular complexity index is 422. The number of carbonyl (C=O) groups is 1. The minimum absolute atomic E-state index is 0.0374. The SMILES string of the molecule is Cc1noc(C)c1CC(=O)N1CCC(C)C(O)C1. The monoisotopic (exact) mass is 252 g/mol. The molecular weight excluding hydrogens is 232 g/mol. The summed E-state index contributed by atoms with van der Waals surface area (Å²) in [7, 11) is 0. The first-order chi connectivity index (χ1) is 8.49. The number of rotatable bonds is 2. The van der Waals surface area contributed by atoms with Gasteiger partial charge < -0.3 is 14.5 Å². The van der Waals surface area contributed by atoms with E-state index in [1.54, 1.807) is 4.90 Å². The van der Waals surface area contributed by atoms with Crippen LogP contribution in [0.2, 0.25) is 0 Å². The maximum atomic E-state index is 12.2. The second-order valence-corrected chi connectivity index (χ2v) is 5.15. The van der Waals surface area contributed by atoms with Crippen LogP contribution in [0.25, 0.3) is 0 Å². The van der Waals surface area contributed by atoms with Gasteiger partial charge in [-0.05, 0) is 26.2 Å². The van der Waals surface area contributed by atoms with Gasteiger partial charge in [0, 0.05) is 18.7 Å². The highest BCUT2D eigenvalue weighted by molar-refractivity contribution is 5.79. The Morgan fingerprint density at radius 2 is 2.28 bits per heavy atom. The molecule has 1 amide bonds. The van der Waals surface area contributed by atoms with Gasteiger partial charge >= 0.3 is 0 Å². The maximum absolute atomic E-state index is 12.2. The Morgan fingerprint density at radius 3 is 2.83 bits per heavy atom. The number of hydrogen-bond donors (Lipinski definition) is 1. The molecule has 0 spiro atoms. The van der Waals surface area contributed by atoms with Crippen LogP contribution in [-0.2, 0) is 11.2 Å². The third-order valence-corrected chi connectivity index (χ3v) is 3.78. The molecule has 0 bridgehead atoms. The molecule has 0 saturated carbocycles. The zero-order chi connectivity index (χ0) is 13.3. The zero-order valence-corrected chi connectivity index (χ0v) is 11.1. The second-order valence-electron chi connectivity index (χ2n) is 5.15. The predicted molar refractivity (Wildman–Crippen MR) is 66.0 cm³/mol. The van der Waals surface area contributed by atoms with E-state index in [0.29, 0.717) is 18.7 Å². The van der Waals surface area contributed by atoms with E-state index in [2.05, 4.69) is 5.16 Å². The first-order valence-electron chi connectivity index (χ1n) is 6.36. The van der Waals surface area contributed by atoms with Gasteiger partial charge in [-0.1, -0.05) is 12.1 Å². The molecule has 5 heteroatoms. The summed E-state index contributed by atoms with van der Waals surface area (Å²) in [5, 5.41) is 13.7. The number of hydrogen-bond acceptors (Lipinski definition) is 4. The summed E-state index contributed by atoms with van der Waals surface area (Å²) in [6.07, 6.45) is 0.754. The van der Waals surface area contributed by atoms with Crippen molar-refractivity contribution in [2.75, 3.05) is 13.1 Å². The lowest BCUT2D eigenvalue weighted by atomic mass is 9.95. The summed E-state index contributed by atoms with van der Waals surface area (Å²) in [6.45, 7) is 6.83. The fraction of sp³-hybridized carbons (Fsp3) is 0.692. The van der Waals surface area contributed by atoms with Crippen molar-refractivity contribution in [2.24, 2.45) is 5.92 Å². The summed E-state index contributed by atoms with van der Waals surface area (Å²) >= 11 is 0. The van der Waals surface area contributed by atoms with Crippen LogP contribution in [0.5, 0.6) is 0 Å². The molecule has 18 heavy (non-hydrogen) atoms. The molecule has 2 rings (SSSR count). The fourth-order valence-electron chi connectivity index (χ4n) is 2.29. The molecule has 2 unspecified atom stereocenters. The first kappa shape index (κ1) is 13.1. The minimum atomic E-state index is -0.410. The summed E-state index contributed by atoms with van der Waals surface area (Å²) in [6, 6.07) is 0. The number of aryl methyl sites for hydroxylation is 2. The Morgan fingerprint density at radius 1 is 1.56 bits per heavy atom. The molecular formula is C13H20N2O3. The zero-order valence-electron chi connectivity index (χ0n) is 11.1. The average Bonchev–Trinajstić information content (AvgIpc) is 2.64. The lowest BCUT2D eigenvalue weighted by Crippen LogP contribution is -2.46. The molecule has 0 aromatic carbocycles. The molecule has 2 atom stereocenters. The van der Waals surface area contributed by atoms with Gasteiger partial charge in [0.05, 0.1) is 18.2 Å². The summed E-state index contributed by atoms with van der Waals surface area (Å²) < 4.78 is 5.05. The highest BCUT2D eigenvalue weighted by Gasteiger charge is 2.28. The van der Waals surface area contributed by atoms with Crippen molar-refractivity contribution in [2.45, 2.75) is 39.7 Å². The van der Waals surface area contributed by atoms with Crippen molar-refractivity contribution in [3.63, 3.8) is 0 Å². The number of piperidine rings is 1. The molecule has 1 aromatic heterocycles. The van der Waals surface area contributed by atoms with Crippen molar-refractivity contribution < 1.29 is 14.4 Å². The normalized spacial score (nSPS) is 24.3. The molecule has 0 radical (unpaired) electrons. The van der Waals surface area contributed by atoms with Crippen LogP contribution in [0.4, 0.5) is 0 Å². The number of nitrogens with zero attached hydrogens (tertiary/aromatic N) is 2. The smallest absolute Gasteiger partial charge is 0.227 e. The van der Waals surface area contributed by atoms with Gasteiger partial charge in [0.2, 0.25) is 5.91 Å². The Hall–Kier alpha value is -1.36. The largest absolute Gasteiger partial charge is 0.391 e. The van der Waals surface area contributed by atoms with E-state index in [1.165, 1.54) is 0 Å². The molecule has 5 nitrogen and oxygen atoms in total. The number of β-amino-alcohol motifs (C(OH)–C–C–N with tert-alkyl or cyclic N) is 1. The van der Waals surface area contributed by atoms with E-state index < -0.39 is 6.10 Å². The fourth-order valence-corrected chi connectivity index (χ4v) is 2.29. The molecule has 100 valence electrons. The van der Waals surface area contributed by atoms with Crippen LogP contribution in [0.3, 0.4) is 0 Å². The third kappa shape index (κ3) is 2.56. The van der Waals surface area contributed by atoms with Gasteiger partial charge in [-0.25, -0.2) is 0 Å². The number of aromatic nitrogens is 1. The highest BCUT2D eigenvalue weighted by Crippen LogP contribution is 2.19. The van der Waals surface area contributed by atoms with E-state index in [-0.39, 0.29) is 11.8 Å². The van der Waals surface area contributed by atoms with Crippen LogP contribution in [0.1, 0.15) is 30.4 Å².